The molecule has 0 aliphatic carbocycles. The van der Waals surface area contributed by atoms with Crippen LogP contribution in [0, 0.1) is 0 Å². The maximum atomic E-state index is 5.48. The first kappa shape index (κ1) is 12.4. The van der Waals surface area contributed by atoms with E-state index in [1.807, 2.05) is 12.1 Å². The smallest absolute Gasteiger partial charge is 0.231 e. The van der Waals surface area contributed by atoms with Crippen LogP contribution in [0.3, 0.4) is 0 Å². The Labute approximate surface area is 116 Å². The van der Waals surface area contributed by atoms with Gasteiger partial charge in [0.2, 0.25) is 6.79 Å². The number of hydrogen-bond acceptors (Lipinski definition) is 5. The van der Waals surface area contributed by atoms with Gasteiger partial charge in [0.25, 0.3) is 0 Å². The van der Waals surface area contributed by atoms with Crippen molar-refractivity contribution < 1.29 is 9.47 Å². The lowest BCUT2D eigenvalue weighted by Gasteiger charge is -2.06. The van der Waals surface area contributed by atoms with Gasteiger partial charge in [0, 0.05) is 24.0 Å². The van der Waals surface area contributed by atoms with E-state index in [4.69, 9.17) is 9.47 Å². The third-order valence-corrected chi connectivity index (χ3v) is 4.04. The molecule has 4 nitrogen and oxygen atoms in total. The quantitative estimate of drug-likeness (QED) is 0.912. The van der Waals surface area contributed by atoms with Crippen LogP contribution in [0.1, 0.15) is 23.2 Å². The Morgan fingerprint density at radius 1 is 1.32 bits per heavy atom. The molecule has 0 unspecified atom stereocenters. The first-order valence-corrected chi connectivity index (χ1v) is 7.26. The monoisotopic (exact) mass is 276 g/mol. The summed E-state index contributed by atoms with van der Waals surface area (Å²) in [6.45, 7) is 3.98. The molecule has 2 heterocycles. The molecule has 0 amide bonds. The maximum Gasteiger partial charge on any atom is 0.231 e. The summed E-state index contributed by atoms with van der Waals surface area (Å²) in [5.74, 6) is 1.70. The largest absolute Gasteiger partial charge is 0.454 e. The van der Waals surface area contributed by atoms with Crippen LogP contribution < -0.4 is 14.8 Å². The molecule has 1 aromatic carbocycles. The number of nitrogens with zero attached hydrogens (tertiary/aromatic N) is 1. The average molecular weight is 276 g/mol. The highest BCUT2D eigenvalue weighted by Crippen LogP contribution is 2.35. The summed E-state index contributed by atoms with van der Waals surface area (Å²) in [5.41, 5.74) is 2.23. The number of thiazole rings is 1. The van der Waals surface area contributed by atoms with Gasteiger partial charge in [0.1, 0.15) is 0 Å². The molecule has 0 spiro atoms. The Morgan fingerprint density at radius 2 is 2.26 bits per heavy atom. The fourth-order valence-corrected chi connectivity index (χ4v) is 2.79. The zero-order valence-corrected chi connectivity index (χ0v) is 11.6. The van der Waals surface area contributed by atoms with Crippen LogP contribution in [0.25, 0.3) is 0 Å². The molecule has 1 aromatic heterocycles. The molecule has 5 heteroatoms. The fourth-order valence-electron chi connectivity index (χ4n) is 2.05. The molecule has 1 aliphatic heterocycles. The summed E-state index contributed by atoms with van der Waals surface area (Å²) in [6, 6.07) is 5.97. The first-order chi connectivity index (χ1) is 9.36. The minimum absolute atomic E-state index is 0.318. The molecular weight excluding hydrogens is 260 g/mol. The van der Waals surface area contributed by atoms with Gasteiger partial charge in [-0.05, 0) is 12.5 Å². The molecule has 1 aliphatic rings. The summed E-state index contributed by atoms with van der Waals surface area (Å²) in [5, 5.41) is 6.69. The number of benzene rings is 1. The normalized spacial score (nSPS) is 12.9. The molecule has 100 valence electrons. The van der Waals surface area contributed by atoms with E-state index in [0.29, 0.717) is 6.79 Å². The maximum absolute atomic E-state index is 5.48. The van der Waals surface area contributed by atoms with Crippen LogP contribution in [0.2, 0.25) is 0 Å². The minimum Gasteiger partial charge on any atom is -0.454 e. The summed E-state index contributed by atoms with van der Waals surface area (Å²) in [7, 11) is 0. The molecule has 2 aromatic rings. The van der Waals surface area contributed by atoms with Crippen molar-refractivity contribution in [1.82, 2.24) is 10.3 Å². The third kappa shape index (κ3) is 2.72. The number of aryl methyl sites for hydroxylation is 1. The average Bonchev–Trinajstić information content (AvgIpc) is 3.07. The lowest BCUT2D eigenvalue weighted by molar-refractivity contribution is 0.173. The Hall–Kier alpha value is -1.59. The number of nitrogens with one attached hydrogen (secondary N) is 1. The third-order valence-electron chi connectivity index (χ3n) is 3.00. The molecule has 0 fully saturated rings. The number of rotatable bonds is 5. The highest BCUT2D eigenvalue weighted by molar-refractivity contribution is 7.09. The zero-order chi connectivity index (χ0) is 13.1. The number of ether oxygens (including phenoxy) is 2. The van der Waals surface area contributed by atoms with Gasteiger partial charge >= 0.3 is 0 Å². The lowest BCUT2D eigenvalue weighted by atomic mass is 10.2. The highest BCUT2D eigenvalue weighted by Gasteiger charge is 2.16. The van der Waals surface area contributed by atoms with E-state index in [9.17, 15) is 0 Å². The van der Waals surface area contributed by atoms with E-state index >= 15 is 0 Å². The van der Waals surface area contributed by atoms with Gasteiger partial charge in [-0.2, -0.15) is 0 Å². The molecule has 0 radical (unpaired) electrons. The molecule has 0 bridgehead atoms. The predicted octanol–water partition coefficient (Wildman–Crippen LogP) is 2.72. The van der Waals surface area contributed by atoms with Gasteiger partial charge in [0.05, 0.1) is 10.7 Å². The lowest BCUT2D eigenvalue weighted by Crippen LogP contribution is -2.13. The minimum atomic E-state index is 0.318. The van der Waals surface area contributed by atoms with Gasteiger partial charge < -0.3 is 14.8 Å². The second-order valence-electron chi connectivity index (χ2n) is 4.34. The predicted molar refractivity (Wildman–Crippen MR) is 74.6 cm³/mol. The fraction of sp³-hybridized carbons (Fsp3) is 0.357. The summed E-state index contributed by atoms with van der Waals surface area (Å²) >= 11 is 1.72. The number of para-hydroxylation sites is 1. The van der Waals surface area contributed by atoms with Crippen molar-refractivity contribution in [2.45, 2.75) is 26.4 Å². The number of aromatic nitrogens is 1. The number of hydrogen-bond donors (Lipinski definition) is 1. The molecule has 0 saturated heterocycles. The van der Waals surface area contributed by atoms with Gasteiger partial charge in [-0.1, -0.05) is 19.1 Å². The van der Waals surface area contributed by atoms with Crippen molar-refractivity contribution in [1.29, 1.82) is 0 Å². The Bertz CT molecular complexity index is 568. The molecule has 0 saturated carbocycles. The molecule has 0 atom stereocenters. The van der Waals surface area contributed by atoms with E-state index in [1.165, 1.54) is 5.01 Å². The van der Waals surface area contributed by atoms with Crippen LogP contribution in [0.5, 0.6) is 11.5 Å². The van der Waals surface area contributed by atoms with E-state index in [-0.39, 0.29) is 0 Å². The van der Waals surface area contributed by atoms with Gasteiger partial charge in [0.15, 0.2) is 11.5 Å². The first-order valence-electron chi connectivity index (χ1n) is 6.38. The second kappa shape index (κ2) is 5.59. The van der Waals surface area contributed by atoms with Crippen molar-refractivity contribution in [3.05, 3.63) is 39.8 Å². The number of fused-ring (bicyclic) bond motifs is 1. The van der Waals surface area contributed by atoms with Crippen molar-refractivity contribution in [2.24, 2.45) is 0 Å². The standard InChI is InChI=1S/C14H16N2O2S/c1-2-13-16-11(8-19-13)7-15-6-10-4-3-5-12-14(10)18-9-17-12/h3-5,8,15H,2,6-7,9H2,1H3. The summed E-state index contributed by atoms with van der Waals surface area (Å²) < 4.78 is 10.8. The van der Waals surface area contributed by atoms with Crippen LogP contribution in [-0.4, -0.2) is 11.8 Å². The Kier molecular flexibility index (Phi) is 3.66. The summed E-state index contributed by atoms with van der Waals surface area (Å²) in [6.07, 6.45) is 1.00. The van der Waals surface area contributed by atoms with E-state index in [1.54, 1.807) is 11.3 Å². The topological polar surface area (TPSA) is 43.4 Å². The Morgan fingerprint density at radius 3 is 3.11 bits per heavy atom. The molecular formula is C14H16N2O2S. The van der Waals surface area contributed by atoms with Crippen LogP contribution in [-0.2, 0) is 19.5 Å². The molecule has 3 rings (SSSR count). The molecule has 1 N–H and O–H groups in total. The Balaban J connectivity index is 1.59. The van der Waals surface area contributed by atoms with Crippen molar-refractivity contribution in [2.75, 3.05) is 6.79 Å². The van der Waals surface area contributed by atoms with Crippen molar-refractivity contribution in [3.8, 4) is 11.5 Å². The van der Waals surface area contributed by atoms with Gasteiger partial charge in [-0.15, -0.1) is 11.3 Å². The van der Waals surface area contributed by atoms with Gasteiger partial charge in [-0.25, -0.2) is 4.98 Å². The SMILES string of the molecule is CCc1nc(CNCc2cccc3c2OCO3)cs1. The highest BCUT2D eigenvalue weighted by atomic mass is 32.1. The van der Waals surface area contributed by atoms with E-state index in [0.717, 1.165) is 42.3 Å². The second-order valence-corrected chi connectivity index (χ2v) is 5.28. The van der Waals surface area contributed by atoms with Crippen LogP contribution in [0.4, 0.5) is 0 Å². The van der Waals surface area contributed by atoms with Crippen LogP contribution >= 0.6 is 11.3 Å². The van der Waals surface area contributed by atoms with E-state index in [2.05, 4.69) is 28.7 Å². The zero-order valence-electron chi connectivity index (χ0n) is 10.8. The summed E-state index contributed by atoms with van der Waals surface area (Å²) in [4.78, 5) is 4.53. The molecule has 19 heavy (non-hydrogen) atoms. The van der Waals surface area contributed by atoms with Crippen molar-refractivity contribution in [3.63, 3.8) is 0 Å². The van der Waals surface area contributed by atoms with E-state index < -0.39 is 0 Å². The van der Waals surface area contributed by atoms with Gasteiger partial charge in [-0.3, -0.25) is 0 Å². The van der Waals surface area contributed by atoms with Crippen molar-refractivity contribution >= 4 is 11.3 Å². The van der Waals surface area contributed by atoms with Crippen LogP contribution in [0.15, 0.2) is 23.6 Å².